The van der Waals surface area contributed by atoms with Crippen molar-refractivity contribution in [2.24, 2.45) is 0 Å². The predicted molar refractivity (Wildman–Crippen MR) is 114 cm³/mol. The number of rotatable bonds is 7. The van der Waals surface area contributed by atoms with E-state index in [-0.39, 0.29) is 22.4 Å². The molecule has 2 aromatic carbocycles. The summed E-state index contributed by atoms with van der Waals surface area (Å²) in [6.07, 6.45) is 1.38. The molecule has 30 heavy (non-hydrogen) atoms. The summed E-state index contributed by atoms with van der Waals surface area (Å²) in [6.45, 7) is 0.121. The van der Waals surface area contributed by atoms with Crippen LogP contribution in [0.3, 0.4) is 0 Å². The Morgan fingerprint density at radius 1 is 1.17 bits per heavy atom. The van der Waals surface area contributed by atoms with E-state index in [0.29, 0.717) is 28.4 Å². The molecule has 3 rings (SSSR count). The normalized spacial score (nSPS) is 11.1. The van der Waals surface area contributed by atoms with Gasteiger partial charge in [-0.25, -0.2) is 18.1 Å². The standard InChI is InChI=1S/C20H19ClN4O4S/c1-23-30(27,28)15-8-6-13(16(21)10-15)11-25-20(26)14-7-9-19(24-12-14)29-18-5-3-2-4-17(18)22/h2-10,12,23H,11,22H2,1H3,(H,25,26). The molecule has 0 aliphatic carbocycles. The maximum absolute atomic E-state index is 12.4. The molecule has 1 heterocycles. The third-order valence-electron chi connectivity index (χ3n) is 4.18. The van der Waals surface area contributed by atoms with Crippen LogP contribution in [-0.4, -0.2) is 26.4 Å². The van der Waals surface area contributed by atoms with Crippen LogP contribution in [-0.2, 0) is 16.6 Å². The van der Waals surface area contributed by atoms with Crippen LogP contribution in [0.4, 0.5) is 5.69 Å². The first kappa shape index (κ1) is 21.6. The zero-order valence-electron chi connectivity index (χ0n) is 15.9. The number of benzene rings is 2. The summed E-state index contributed by atoms with van der Waals surface area (Å²) in [5.41, 5.74) is 7.21. The molecule has 1 amide bonds. The number of ether oxygens (including phenoxy) is 1. The molecule has 0 unspecified atom stereocenters. The highest BCUT2D eigenvalue weighted by atomic mass is 35.5. The quantitative estimate of drug-likeness (QED) is 0.479. The topological polar surface area (TPSA) is 123 Å². The van der Waals surface area contributed by atoms with Crippen molar-refractivity contribution >= 4 is 33.2 Å². The monoisotopic (exact) mass is 446 g/mol. The third kappa shape index (κ3) is 5.07. The van der Waals surface area contributed by atoms with Crippen LogP contribution in [0.1, 0.15) is 15.9 Å². The fourth-order valence-corrected chi connectivity index (χ4v) is 3.56. The Bertz CT molecular complexity index is 1170. The number of anilines is 1. The van der Waals surface area contributed by atoms with Gasteiger partial charge < -0.3 is 15.8 Å². The van der Waals surface area contributed by atoms with Crippen molar-refractivity contribution < 1.29 is 17.9 Å². The molecule has 0 bridgehead atoms. The molecule has 3 aromatic rings. The molecule has 0 fully saturated rings. The average molecular weight is 447 g/mol. The number of nitrogens with one attached hydrogen (secondary N) is 2. The lowest BCUT2D eigenvalue weighted by atomic mass is 10.2. The summed E-state index contributed by atoms with van der Waals surface area (Å²) < 4.78 is 31.4. The van der Waals surface area contributed by atoms with Crippen LogP contribution in [0.2, 0.25) is 5.02 Å². The molecule has 0 aliphatic rings. The number of amides is 1. The van der Waals surface area contributed by atoms with E-state index in [2.05, 4.69) is 15.0 Å². The van der Waals surface area contributed by atoms with Crippen molar-refractivity contribution in [3.8, 4) is 11.6 Å². The number of carbonyl (C=O) groups excluding carboxylic acids is 1. The van der Waals surface area contributed by atoms with Crippen LogP contribution in [0.5, 0.6) is 11.6 Å². The Labute approximate surface area is 179 Å². The summed E-state index contributed by atoms with van der Waals surface area (Å²) in [7, 11) is -2.27. The lowest BCUT2D eigenvalue weighted by Crippen LogP contribution is -2.23. The first-order valence-electron chi connectivity index (χ1n) is 8.79. The number of nitrogens with zero attached hydrogens (tertiary/aromatic N) is 1. The summed E-state index contributed by atoms with van der Waals surface area (Å²) >= 11 is 6.15. The van der Waals surface area contributed by atoms with Gasteiger partial charge in [-0.15, -0.1) is 0 Å². The van der Waals surface area contributed by atoms with Crippen LogP contribution in [0, 0.1) is 0 Å². The van der Waals surface area contributed by atoms with Crippen molar-refractivity contribution in [1.82, 2.24) is 15.0 Å². The highest BCUT2D eigenvalue weighted by Crippen LogP contribution is 2.25. The molecule has 0 radical (unpaired) electrons. The van der Waals surface area contributed by atoms with Gasteiger partial charge in [0.1, 0.15) is 0 Å². The van der Waals surface area contributed by atoms with E-state index in [1.165, 1.54) is 25.4 Å². The minimum Gasteiger partial charge on any atom is -0.437 e. The van der Waals surface area contributed by atoms with Crippen molar-refractivity contribution in [3.05, 3.63) is 76.9 Å². The number of carbonyl (C=O) groups is 1. The Balaban J connectivity index is 1.63. The molecule has 10 heteroatoms. The number of hydrogen-bond acceptors (Lipinski definition) is 6. The number of nitrogen functional groups attached to an aromatic ring is 1. The van der Waals surface area contributed by atoms with E-state index in [4.69, 9.17) is 22.1 Å². The highest BCUT2D eigenvalue weighted by molar-refractivity contribution is 7.89. The number of halogens is 1. The Hall–Kier alpha value is -3.14. The van der Waals surface area contributed by atoms with Crippen LogP contribution >= 0.6 is 11.6 Å². The third-order valence-corrected chi connectivity index (χ3v) is 5.94. The summed E-state index contributed by atoms with van der Waals surface area (Å²) in [4.78, 5) is 16.5. The summed E-state index contributed by atoms with van der Waals surface area (Å²) in [5.74, 6) is 0.408. The number of para-hydroxylation sites is 2. The van der Waals surface area contributed by atoms with Gasteiger partial charge in [0.2, 0.25) is 15.9 Å². The van der Waals surface area contributed by atoms with E-state index in [1.54, 1.807) is 42.5 Å². The second-order valence-electron chi connectivity index (χ2n) is 6.17. The summed E-state index contributed by atoms with van der Waals surface area (Å²) in [6, 6.07) is 14.4. The lowest BCUT2D eigenvalue weighted by Gasteiger charge is -2.10. The number of sulfonamides is 1. The van der Waals surface area contributed by atoms with Crippen LogP contribution < -0.4 is 20.5 Å². The average Bonchev–Trinajstić information content (AvgIpc) is 2.74. The van der Waals surface area contributed by atoms with E-state index < -0.39 is 10.0 Å². The minimum absolute atomic E-state index is 0.0453. The van der Waals surface area contributed by atoms with Crippen LogP contribution in [0.15, 0.2) is 65.7 Å². The van der Waals surface area contributed by atoms with Gasteiger partial charge in [-0.05, 0) is 42.9 Å². The largest absolute Gasteiger partial charge is 0.437 e. The maximum atomic E-state index is 12.4. The van der Waals surface area contributed by atoms with Gasteiger partial charge in [0.05, 0.1) is 16.1 Å². The molecule has 0 saturated heterocycles. The molecular weight excluding hydrogens is 428 g/mol. The second-order valence-corrected chi connectivity index (χ2v) is 8.46. The fraction of sp³-hybridized carbons (Fsp3) is 0.100. The Morgan fingerprint density at radius 2 is 1.93 bits per heavy atom. The molecule has 1 aromatic heterocycles. The molecular formula is C20H19ClN4O4S. The fourth-order valence-electron chi connectivity index (χ4n) is 2.50. The van der Waals surface area contributed by atoms with Gasteiger partial charge in [0.15, 0.2) is 5.75 Å². The maximum Gasteiger partial charge on any atom is 0.253 e. The van der Waals surface area contributed by atoms with Gasteiger partial charge in [-0.2, -0.15) is 0 Å². The molecule has 156 valence electrons. The predicted octanol–water partition coefficient (Wildman–Crippen LogP) is 2.95. The summed E-state index contributed by atoms with van der Waals surface area (Å²) in [5, 5.41) is 2.95. The zero-order chi connectivity index (χ0) is 21.7. The van der Waals surface area contributed by atoms with Gasteiger partial charge in [-0.1, -0.05) is 29.8 Å². The molecule has 0 saturated carbocycles. The first-order valence-corrected chi connectivity index (χ1v) is 10.6. The molecule has 0 atom stereocenters. The Morgan fingerprint density at radius 3 is 2.57 bits per heavy atom. The van der Waals surface area contributed by atoms with Gasteiger partial charge in [0.25, 0.3) is 5.91 Å². The molecule has 0 spiro atoms. The zero-order valence-corrected chi connectivity index (χ0v) is 17.5. The number of nitrogens with two attached hydrogens (primary N) is 1. The van der Waals surface area contributed by atoms with Gasteiger partial charge in [0, 0.05) is 23.8 Å². The van der Waals surface area contributed by atoms with Crippen molar-refractivity contribution in [1.29, 1.82) is 0 Å². The van der Waals surface area contributed by atoms with E-state index in [0.717, 1.165) is 0 Å². The minimum atomic E-state index is -3.59. The first-order chi connectivity index (χ1) is 14.3. The smallest absolute Gasteiger partial charge is 0.253 e. The number of aromatic nitrogens is 1. The van der Waals surface area contributed by atoms with E-state index >= 15 is 0 Å². The molecule has 8 nitrogen and oxygen atoms in total. The molecule has 4 N–H and O–H groups in total. The number of hydrogen-bond donors (Lipinski definition) is 3. The van der Waals surface area contributed by atoms with Crippen molar-refractivity contribution in [2.75, 3.05) is 12.8 Å². The Kier molecular flexibility index (Phi) is 6.56. The second kappa shape index (κ2) is 9.12. The van der Waals surface area contributed by atoms with Gasteiger partial charge in [-0.3, -0.25) is 4.79 Å². The molecule has 0 aliphatic heterocycles. The van der Waals surface area contributed by atoms with E-state index in [9.17, 15) is 13.2 Å². The van der Waals surface area contributed by atoms with Crippen molar-refractivity contribution in [3.63, 3.8) is 0 Å². The van der Waals surface area contributed by atoms with Crippen LogP contribution in [0.25, 0.3) is 0 Å². The number of pyridine rings is 1. The highest BCUT2D eigenvalue weighted by Gasteiger charge is 2.14. The van der Waals surface area contributed by atoms with E-state index in [1.807, 2.05) is 0 Å². The van der Waals surface area contributed by atoms with Gasteiger partial charge >= 0.3 is 0 Å². The lowest BCUT2D eigenvalue weighted by molar-refractivity contribution is 0.0950. The van der Waals surface area contributed by atoms with Crippen molar-refractivity contribution in [2.45, 2.75) is 11.4 Å². The SMILES string of the molecule is CNS(=O)(=O)c1ccc(CNC(=O)c2ccc(Oc3ccccc3N)nc2)c(Cl)c1.